The highest BCUT2D eigenvalue weighted by Crippen LogP contribution is 2.24. The van der Waals surface area contributed by atoms with Crippen LogP contribution in [0.5, 0.6) is 0 Å². The van der Waals surface area contributed by atoms with Gasteiger partial charge in [0.1, 0.15) is 0 Å². The molecule has 1 aliphatic rings. The van der Waals surface area contributed by atoms with Crippen LogP contribution in [-0.2, 0) is 0 Å². The second-order valence-electron chi connectivity index (χ2n) is 8.35. The Morgan fingerprint density at radius 1 is 0.857 bits per heavy atom. The maximum absolute atomic E-state index is 13.0. The molecule has 0 spiro atoms. The summed E-state index contributed by atoms with van der Waals surface area (Å²) in [6, 6.07) is 24.9. The molecule has 0 aliphatic carbocycles. The summed E-state index contributed by atoms with van der Waals surface area (Å²) in [5.74, 6) is 0.0340. The molecular weight excluding hydrogens is 460 g/mol. The predicted molar refractivity (Wildman–Crippen MR) is 139 cm³/mol. The lowest BCUT2D eigenvalue weighted by Crippen LogP contribution is -2.48. The zero-order chi connectivity index (χ0) is 23.8. The largest absolute Gasteiger partial charge is 0.368 e. The molecule has 0 bridgehead atoms. The first-order chi connectivity index (χ1) is 17.2. The number of aromatic nitrogens is 3. The van der Waals surface area contributed by atoms with Crippen molar-refractivity contribution >= 4 is 49.6 Å². The van der Waals surface area contributed by atoms with Crippen molar-refractivity contribution in [3.63, 3.8) is 0 Å². The van der Waals surface area contributed by atoms with Crippen LogP contribution in [0.1, 0.15) is 10.4 Å². The Morgan fingerprint density at radius 2 is 1.57 bits per heavy atom. The maximum Gasteiger partial charge on any atom is 0.283 e. The van der Waals surface area contributed by atoms with Crippen LogP contribution in [0.4, 0.5) is 16.5 Å². The Morgan fingerprint density at radius 3 is 2.34 bits per heavy atom. The lowest BCUT2D eigenvalue weighted by atomic mass is 10.1. The Bertz CT molecular complexity index is 1570. The van der Waals surface area contributed by atoms with Gasteiger partial charge in [0.15, 0.2) is 0 Å². The molecule has 0 atom stereocenters. The third-order valence-electron chi connectivity index (χ3n) is 6.17. The van der Waals surface area contributed by atoms with E-state index in [1.165, 1.54) is 21.5 Å². The van der Waals surface area contributed by atoms with E-state index in [9.17, 15) is 9.59 Å². The van der Waals surface area contributed by atoms with Crippen LogP contribution in [-0.4, -0.2) is 51.6 Å². The van der Waals surface area contributed by atoms with E-state index >= 15 is 0 Å². The smallest absolute Gasteiger partial charge is 0.283 e. The highest BCUT2D eigenvalue weighted by molar-refractivity contribution is 7.20. The maximum atomic E-state index is 13.0. The zero-order valence-electron chi connectivity index (χ0n) is 18.8. The van der Waals surface area contributed by atoms with Crippen molar-refractivity contribution in [2.24, 2.45) is 0 Å². The molecule has 0 saturated carbocycles. The number of carbonyl (C=O) groups excluding carboxylic acids is 1. The number of piperazine rings is 1. The molecule has 3 aromatic carbocycles. The summed E-state index contributed by atoms with van der Waals surface area (Å²) in [7, 11) is 0. The number of amides is 1. The van der Waals surface area contributed by atoms with E-state index in [2.05, 4.69) is 32.4 Å². The van der Waals surface area contributed by atoms with Crippen LogP contribution >= 0.6 is 11.3 Å². The number of nitrogens with one attached hydrogen (secondary N) is 1. The summed E-state index contributed by atoms with van der Waals surface area (Å²) < 4.78 is 1.32. The lowest BCUT2D eigenvalue weighted by Gasteiger charge is -2.36. The number of anilines is 3. The van der Waals surface area contributed by atoms with E-state index in [1.807, 2.05) is 65.6 Å². The van der Waals surface area contributed by atoms with Crippen LogP contribution < -0.4 is 15.8 Å². The van der Waals surface area contributed by atoms with Crippen molar-refractivity contribution in [2.75, 3.05) is 36.4 Å². The summed E-state index contributed by atoms with van der Waals surface area (Å²) in [4.78, 5) is 35.0. The second kappa shape index (κ2) is 8.84. The molecular formula is C26H22N6O2S. The first kappa shape index (κ1) is 21.3. The first-order valence-electron chi connectivity index (χ1n) is 11.4. The van der Waals surface area contributed by atoms with Crippen molar-refractivity contribution in [1.29, 1.82) is 0 Å². The molecule has 8 nitrogen and oxygen atoms in total. The Kier molecular flexibility index (Phi) is 5.38. The average Bonchev–Trinajstić information content (AvgIpc) is 3.32. The summed E-state index contributed by atoms with van der Waals surface area (Å²) in [5, 5.41) is 8.70. The fourth-order valence-electron chi connectivity index (χ4n) is 4.31. The molecule has 1 aliphatic heterocycles. The average molecular weight is 483 g/mol. The highest BCUT2D eigenvalue weighted by atomic mass is 32.1. The van der Waals surface area contributed by atoms with Crippen LogP contribution in [0.15, 0.2) is 83.7 Å². The van der Waals surface area contributed by atoms with E-state index in [0.29, 0.717) is 39.6 Å². The lowest BCUT2D eigenvalue weighted by molar-refractivity contribution is 0.0747. The normalized spacial score (nSPS) is 13.9. The van der Waals surface area contributed by atoms with Gasteiger partial charge in [-0.2, -0.15) is 4.52 Å². The van der Waals surface area contributed by atoms with E-state index in [-0.39, 0.29) is 11.5 Å². The predicted octanol–water partition coefficient (Wildman–Crippen LogP) is 4.01. The van der Waals surface area contributed by atoms with Gasteiger partial charge in [-0.05, 0) is 48.5 Å². The van der Waals surface area contributed by atoms with Gasteiger partial charge < -0.3 is 15.1 Å². The van der Waals surface area contributed by atoms with Crippen LogP contribution in [0.25, 0.3) is 15.9 Å². The van der Waals surface area contributed by atoms with Gasteiger partial charge in [0.05, 0.1) is 10.9 Å². The summed E-state index contributed by atoms with van der Waals surface area (Å²) in [6.07, 6.45) is 0. The minimum atomic E-state index is -0.191. The fourth-order valence-corrected chi connectivity index (χ4v) is 5.13. The van der Waals surface area contributed by atoms with Crippen molar-refractivity contribution in [3.8, 4) is 0 Å². The summed E-state index contributed by atoms with van der Waals surface area (Å²) in [5.41, 5.74) is 3.09. The zero-order valence-corrected chi connectivity index (χ0v) is 19.6. The Balaban J connectivity index is 1.14. The fraction of sp³-hybridized carbons (Fsp3) is 0.154. The van der Waals surface area contributed by atoms with Gasteiger partial charge in [-0.3, -0.25) is 9.59 Å². The molecule has 0 radical (unpaired) electrons. The van der Waals surface area contributed by atoms with E-state index in [4.69, 9.17) is 0 Å². The molecule has 0 unspecified atom stereocenters. The number of benzene rings is 3. The highest BCUT2D eigenvalue weighted by Gasteiger charge is 2.22. The van der Waals surface area contributed by atoms with Gasteiger partial charge in [0.2, 0.25) is 10.1 Å². The SMILES string of the molecule is O=C(c1ccc(Nc2nn3c(=O)c4ccccc4nc3s2)cc1)N1CCN(c2ccccc2)CC1. The third kappa shape index (κ3) is 4.10. The molecule has 6 rings (SSSR count). The number of carbonyl (C=O) groups is 1. The minimum Gasteiger partial charge on any atom is -0.368 e. The second-order valence-corrected chi connectivity index (χ2v) is 9.31. The molecule has 5 aromatic rings. The van der Waals surface area contributed by atoms with Crippen molar-refractivity contribution in [3.05, 3.63) is 94.8 Å². The van der Waals surface area contributed by atoms with Crippen LogP contribution in [0, 0.1) is 0 Å². The number of hydrogen-bond acceptors (Lipinski definition) is 7. The number of rotatable bonds is 4. The number of para-hydroxylation sites is 2. The first-order valence-corrected chi connectivity index (χ1v) is 12.2. The van der Waals surface area contributed by atoms with Gasteiger partial charge >= 0.3 is 0 Å². The molecule has 1 fully saturated rings. The van der Waals surface area contributed by atoms with Crippen LogP contribution in [0.2, 0.25) is 0 Å². The third-order valence-corrected chi connectivity index (χ3v) is 7.00. The summed E-state index contributed by atoms with van der Waals surface area (Å²) >= 11 is 1.30. The standard InChI is InChI=1S/C26H22N6O2S/c33-23(31-16-14-30(15-17-31)20-6-2-1-3-7-20)18-10-12-19(13-11-18)27-25-29-32-24(34)21-8-4-5-9-22(21)28-26(32)35-25/h1-13H,14-17H2,(H,27,29). The molecule has 3 heterocycles. The number of nitrogens with zero attached hydrogens (tertiary/aromatic N) is 5. The molecule has 174 valence electrons. The van der Waals surface area contributed by atoms with E-state index in [1.54, 1.807) is 6.07 Å². The van der Waals surface area contributed by atoms with Gasteiger partial charge in [0, 0.05) is 43.1 Å². The van der Waals surface area contributed by atoms with Crippen LogP contribution in [0.3, 0.4) is 0 Å². The molecule has 1 saturated heterocycles. The Labute approximate surface area is 205 Å². The van der Waals surface area contributed by atoms with Crippen molar-refractivity contribution < 1.29 is 4.79 Å². The quantitative estimate of drug-likeness (QED) is 0.417. The summed E-state index contributed by atoms with van der Waals surface area (Å²) in [6.45, 7) is 3.01. The number of fused-ring (bicyclic) bond motifs is 2. The van der Waals surface area contributed by atoms with Gasteiger partial charge in [0.25, 0.3) is 11.5 Å². The molecule has 2 aromatic heterocycles. The molecule has 1 amide bonds. The van der Waals surface area contributed by atoms with E-state index < -0.39 is 0 Å². The van der Waals surface area contributed by atoms with Gasteiger partial charge in [-0.1, -0.05) is 41.7 Å². The Hall–Kier alpha value is -4.24. The number of hydrogen-bond donors (Lipinski definition) is 1. The van der Waals surface area contributed by atoms with Crippen molar-refractivity contribution in [2.45, 2.75) is 0 Å². The minimum absolute atomic E-state index is 0.0340. The molecule has 35 heavy (non-hydrogen) atoms. The topological polar surface area (TPSA) is 82.8 Å². The molecule has 1 N–H and O–H groups in total. The van der Waals surface area contributed by atoms with Crippen molar-refractivity contribution in [1.82, 2.24) is 19.5 Å². The van der Waals surface area contributed by atoms with Gasteiger partial charge in [-0.15, -0.1) is 5.10 Å². The molecule has 9 heteroatoms. The van der Waals surface area contributed by atoms with Gasteiger partial charge in [-0.25, -0.2) is 4.98 Å². The van der Waals surface area contributed by atoms with E-state index in [0.717, 1.165) is 18.8 Å². The monoisotopic (exact) mass is 482 g/mol.